The lowest BCUT2D eigenvalue weighted by atomic mass is 10.1. The fraction of sp³-hybridized carbons (Fsp3) is 0.400. The summed E-state index contributed by atoms with van der Waals surface area (Å²) in [5.41, 5.74) is 7.00. The first-order chi connectivity index (χ1) is 11.7. The molecule has 0 aliphatic rings. The van der Waals surface area contributed by atoms with E-state index in [1.165, 1.54) is 29.9 Å². The third-order valence-corrected chi connectivity index (χ3v) is 4.94. The minimum Gasteiger partial charge on any atom is -0.365 e. The summed E-state index contributed by atoms with van der Waals surface area (Å²) in [4.78, 5) is 35.5. The van der Waals surface area contributed by atoms with Crippen molar-refractivity contribution in [3.63, 3.8) is 0 Å². The molecule has 0 bridgehead atoms. The van der Waals surface area contributed by atoms with Crippen molar-refractivity contribution in [2.45, 2.75) is 40.7 Å². The normalized spacial score (nSPS) is 10.7. The van der Waals surface area contributed by atoms with Crippen molar-refractivity contribution in [3.05, 3.63) is 37.5 Å². The topological polar surface area (TPSA) is 133 Å². The van der Waals surface area contributed by atoms with Crippen LogP contribution in [-0.2, 0) is 17.8 Å². The molecule has 0 saturated carbocycles. The first kappa shape index (κ1) is 18.6. The summed E-state index contributed by atoms with van der Waals surface area (Å²) in [7, 11) is 0. The number of aryl methyl sites for hydroxylation is 2. The van der Waals surface area contributed by atoms with Crippen LogP contribution in [0, 0.1) is 30.9 Å². The molecule has 0 atom stereocenters. The Kier molecular flexibility index (Phi) is 5.21. The number of hydrogen-bond acceptors (Lipinski definition) is 6. The molecule has 0 radical (unpaired) electrons. The summed E-state index contributed by atoms with van der Waals surface area (Å²) in [5.74, 6) is -1.04. The van der Waals surface area contributed by atoms with Gasteiger partial charge in [-0.3, -0.25) is 24.4 Å². The average molecular weight is 365 g/mol. The van der Waals surface area contributed by atoms with Gasteiger partial charge in [-0.25, -0.2) is 0 Å². The van der Waals surface area contributed by atoms with E-state index in [-0.39, 0.29) is 17.9 Å². The van der Waals surface area contributed by atoms with Gasteiger partial charge in [0.15, 0.2) is 0 Å². The van der Waals surface area contributed by atoms with Crippen molar-refractivity contribution in [1.29, 1.82) is 0 Å². The Morgan fingerprint density at radius 2 is 2.00 bits per heavy atom. The molecule has 0 aliphatic heterocycles. The number of aromatic nitrogens is 2. The number of primary amides is 1. The molecule has 3 N–H and O–H groups in total. The van der Waals surface area contributed by atoms with Crippen LogP contribution < -0.4 is 11.1 Å². The standard InChI is InChI=1S/C15H19N5O4S/c1-5-10-9(4)25-15(12(10)14(16)22)17-11(21)6-19-8(3)13(20(23)24)7(2)18-19/h5-6H2,1-4H3,(H2,16,22)(H,17,21). The molecule has 10 heteroatoms. The maximum Gasteiger partial charge on any atom is 0.312 e. The fourth-order valence-corrected chi connectivity index (χ4v) is 3.93. The number of carbonyl (C=O) groups excluding carboxylic acids is 2. The quantitative estimate of drug-likeness (QED) is 0.597. The van der Waals surface area contributed by atoms with Crippen molar-refractivity contribution in [2.75, 3.05) is 5.32 Å². The van der Waals surface area contributed by atoms with Crippen molar-refractivity contribution in [2.24, 2.45) is 5.73 Å². The Bertz CT molecular complexity index is 868. The van der Waals surface area contributed by atoms with Crippen LogP contribution in [0.4, 0.5) is 10.7 Å². The molecule has 0 spiro atoms. The molecule has 2 aromatic heterocycles. The van der Waals surface area contributed by atoms with E-state index >= 15 is 0 Å². The van der Waals surface area contributed by atoms with E-state index in [0.717, 1.165) is 10.4 Å². The number of carbonyl (C=O) groups is 2. The third-order valence-electron chi connectivity index (χ3n) is 3.88. The summed E-state index contributed by atoms with van der Waals surface area (Å²) in [5, 5.41) is 18.1. The van der Waals surface area contributed by atoms with Crippen LogP contribution in [0.5, 0.6) is 0 Å². The number of anilines is 1. The van der Waals surface area contributed by atoms with Crippen LogP contribution in [0.2, 0.25) is 0 Å². The highest BCUT2D eigenvalue weighted by molar-refractivity contribution is 7.16. The zero-order chi connectivity index (χ0) is 18.9. The molecule has 2 amide bonds. The number of rotatable bonds is 6. The average Bonchev–Trinajstić information content (AvgIpc) is 2.95. The lowest BCUT2D eigenvalue weighted by molar-refractivity contribution is -0.386. The molecule has 0 unspecified atom stereocenters. The Labute approximate surface area is 148 Å². The highest BCUT2D eigenvalue weighted by Gasteiger charge is 2.24. The van der Waals surface area contributed by atoms with E-state index in [9.17, 15) is 19.7 Å². The zero-order valence-corrected chi connectivity index (χ0v) is 15.2. The van der Waals surface area contributed by atoms with Gasteiger partial charge in [0.05, 0.1) is 10.5 Å². The smallest absolute Gasteiger partial charge is 0.312 e. The highest BCUT2D eigenvalue weighted by atomic mass is 32.1. The summed E-state index contributed by atoms with van der Waals surface area (Å²) < 4.78 is 1.27. The maximum atomic E-state index is 12.3. The van der Waals surface area contributed by atoms with Crippen molar-refractivity contribution < 1.29 is 14.5 Å². The summed E-state index contributed by atoms with van der Waals surface area (Å²) in [6, 6.07) is 0. The van der Waals surface area contributed by atoms with Crippen LogP contribution in [0.3, 0.4) is 0 Å². The number of nitrogens with zero attached hydrogens (tertiary/aromatic N) is 3. The van der Waals surface area contributed by atoms with Gasteiger partial charge in [0, 0.05) is 4.88 Å². The minimum atomic E-state index is -0.599. The Morgan fingerprint density at radius 3 is 2.48 bits per heavy atom. The van der Waals surface area contributed by atoms with E-state index in [1.54, 1.807) is 0 Å². The first-order valence-electron chi connectivity index (χ1n) is 7.57. The van der Waals surface area contributed by atoms with E-state index in [0.29, 0.717) is 22.7 Å². The lowest BCUT2D eigenvalue weighted by Crippen LogP contribution is -2.22. The molecule has 0 aromatic carbocycles. The van der Waals surface area contributed by atoms with Crippen molar-refractivity contribution in [3.8, 4) is 0 Å². The molecule has 25 heavy (non-hydrogen) atoms. The van der Waals surface area contributed by atoms with Crippen LogP contribution in [-0.4, -0.2) is 26.5 Å². The number of hydrogen-bond donors (Lipinski definition) is 2. The second kappa shape index (κ2) is 7.01. The van der Waals surface area contributed by atoms with Gasteiger partial charge >= 0.3 is 5.69 Å². The summed E-state index contributed by atoms with van der Waals surface area (Å²) in [6.45, 7) is 6.61. The second-order valence-electron chi connectivity index (χ2n) is 5.54. The Hall–Kier alpha value is -2.75. The van der Waals surface area contributed by atoms with Gasteiger partial charge in [-0.2, -0.15) is 5.10 Å². The molecule has 2 rings (SSSR count). The van der Waals surface area contributed by atoms with Gasteiger partial charge in [0.1, 0.15) is 22.9 Å². The number of amides is 2. The number of nitrogens with two attached hydrogens (primary N) is 1. The first-order valence-corrected chi connectivity index (χ1v) is 8.39. The molecule has 9 nitrogen and oxygen atoms in total. The van der Waals surface area contributed by atoms with Gasteiger partial charge in [-0.05, 0) is 32.8 Å². The van der Waals surface area contributed by atoms with Crippen LogP contribution >= 0.6 is 11.3 Å². The number of nitro groups is 1. The van der Waals surface area contributed by atoms with Crippen LogP contribution in [0.1, 0.15) is 39.1 Å². The molecule has 0 aliphatic carbocycles. The van der Waals surface area contributed by atoms with Gasteiger partial charge in [-0.1, -0.05) is 6.92 Å². The summed E-state index contributed by atoms with van der Waals surface area (Å²) in [6.07, 6.45) is 0.625. The van der Waals surface area contributed by atoms with Crippen molar-refractivity contribution in [1.82, 2.24) is 9.78 Å². The Morgan fingerprint density at radius 1 is 1.36 bits per heavy atom. The van der Waals surface area contributed by atoms with Gasteiger partial charge < -0.3 is 11.1 Å². The van der Waals surface area contributed by atoms with E-state index < -0.39 is 16.7 Å². The fourth-order valence-electron chi connectivity index (χ4n) is 2.76. The molecule has 0 fully saturated rings. The second-order valence-corrected chi connectivity index (χ2v) is 6.77. The monoisotopic (exact) mass is 365 g/mol. The van der Waals surface area contributed by atoms with Crippen LogP contribution in [0.25, 0.3) is 0 Å². The molecule has 0 saturated heterocycles. The van der Waals surface area contributed by atoms with Crippen LogP contribution in [0.15, 0.2) is 0 Å². The summed E-state index contributed by atoms with van der Waals surface area (Å²) >= 11 is 1.28. The zero-order valence-electron chi connectivity index (χ0n) is 14.4. The molecular formula is C15H19N5O4S. The molecule has 2 aromatic rings. The van der Waals surface area contributed by atoms with Gasteiger partial charge in [-0.15, -0.1) is 11.3 Å². The maximum absolute atomic E-state index is 12.3. The lowest BCUT2D eigenvalue weighted by Gasteiger charge is -2.07. The van der Waals surface area contributed by atoms with Crippen molar-refractivity contribution >= 4 is 33.8 Å². The predicted molar refractivity (Wildman–Crippen MR) is 93.9 cm³/mol. The predicted octanol–water partition coefficient (Wildman–Crippen LogP) is 2.08. The number of nitrogens with one attached hydrogen (secondary N) is 1. The largest absolute Gasteiger partial charge is 0.365 e. The SMILES string of the molecule is CCc1c(C)sc(NC(=O)Cn2nc(C)c([N+](=O)[O-])c2C)c1C(N)=O. The molecule has 134 valence electrons. The number of thiophene rings is 1. The molecule has 2 heterocycles. The highest BCUT2D eigenvalue weighted by Crippen LogP contribution is 2.33. The van der Waals surface area contributed by atoms with E-state index in [4.69, 9.17) is 5.73 Å². The van der Waals surface area contributed by atoms with Gasteiger partial charge in [0.25, 0.3) is 5.91 Å². The third kappa shape index (κ3) is 3.53. The van der Waals surface area contributed by atoms with E-state index in [2.05, 4.69) is 10.4 Å². The molecular weight excluding hydrogens is 346 g/mol. The Balaban J connectivity index is 2.26. The van der Waals surface area contributed by atoms with Gasteiger partial charge in [0.2, 0.25) is 5.91 Å². The minimum absolute atomic E-state index is 0.106. The van der Waals surface area contributed by atoms with E-state index in [1.807, 2.05) is 13.8 Å².